The monoisotopic (exact) mass is 479 g/mol. The molecular weight excluding hydrogens is 445 g/mol. The quantitative estimate of drug-likeness (QED) is 0.386. The molecule has 9 nitrogen and oxygen atoms in total. The Balaban J connectivity index is 1.78. The Morgan fingerprint density at radius 2 is 2.09 bits per heavy atom. The van der Waals surface area contributed by atoms with Crippen LogP contribution in [0.4, 0.5) is 4.39 Å². The van der Waals surface area contributed by atoms with E-state index in [1.54, 1.807) is 0 Å². The zero-order chi connectivity index (χ0) is 24.8. The fourth-order valence-corrected chi connectivity index (χ4v) is 4.88. The minimum atomic E-state index is -0.816. The molecular formula is C24H34FN3O6. The van der Waals surface area contributed by atoms with Crippen molar-refractivity contribution in [2.45, 2.75) is 64.1 Å². The van der Waals surface area contributed by atoms with Gasteiger partial charge in [-0.2, -0.15) is 0 Å². The van der Waals surface area contributed by atoms with Crippen LogP contribution in [0.5, 0.6) is 0 Å². The molecule has 0 spiro atoms. The third-order valence-corrected chi connectivity index (χ3v) is 6.86. The van der Waals surface area contributed by atoms with Gasteiger partial charge in [-0.1, -0.05) is 20.3 Å². The van der Waals surface area contributed by atoms with Gasteiger partial charge in [0, 0.05) is 30.9 Å². The summed E-state index contributed by atoms with van der Waals surface area (Å²) in [6.45, 7) is 2.91. The number of hydrogen-bond donors (Lipinski definition) is 2. The highest BCUT2D eigenvalue weighted by molar-refractivity contribution is 5.93. The standard InChI is InChI=1S/C24H34FN3O6/c1-4-14(2)21(27-19(30)13-34-10-8-25)23(31)26-17-6-5-15-7-9-28-12-16(24(32)33-3)11-18(29)20(17)22(15)28/h7,9,14,16-17,20-21H,4-6,8,10-13H2,1-3H3,(H,26,31)(H,27,30)/t14?,16-,17-,20?,21?/m0/s1. The second-order valence-corrected chi connectivity index (χ2v) is 9.07. The Kier molecular flexibility index (Phi) is 8.82. The Hall–Kier alpha value is -2.75. The molecule has 0 saturated carbocycles. The predicted octanol–water partition coefficient (Wildman–Crippen LogP) is 1.28. The molecule has 1 aliphatic heterocycles. The average molecular weight is 480 g/mol. The van der Waals surface area contributed by atoms with Gasteiger partial charge in [0.25, 0.3) is 0 Å². The average Bonchev–Trinajstić information content (AvgIpc) is 3.16. The fraction of sp³-hybridized carbons (Fsp3) is 0.667. The molecule has 10 heteroatoms. The molecule has 188 valence electrons. The van der Waals surface area contributed by atoms with E-state index in [-0.39, 0.29) is 37.2 Å². The molecule has 1 aliphatic carbocycles. The van der Waals surface area contributed by atoms with Crippen molar-refractivity contribution in [1.29, 1.82) is 0 Å². The van der Waals surface area contributed by atoms with E-state index >= 15 is 0 Å². The maximum Gasteiger partial charge on any atom is 0.310 e. The van der Waals surface area contributed by atoms with Crippen molar-refractivity contribution in [2.24, 2.45) is 11.8 Å². The molecule has 5 atom stereocenters. The van der Waals surface area contributed by atoms with Gasteiger partial charge in [-0.25, -0.2) is 4.39 Å². The number of amides is 2. The zero-order valence-corrected chi connectivity index (χ0v) is 20.0. The highest BCUT2D eigenvalue weighted by Gasteiger charge is 2.43. The lowest BCUT2D eigenvalue weighted by Crippen LogP contribution is -2.55. The van der Waals surface area contributed by atoms with Gasteiger partial charge < -0.3 is 24.7 Å². The van der Waals surface area contributed by atoms with E-state index in [0.717, 1.165) is 11.3 Å². The summed E-state index contributed by atoms with van der Waals surface area (Å²) in [7, 11) is 1.31. The summed E-state index contributed by atoms with van der Waals surface area (Å²) in [5.74, 6) is -2.72. The van der Waals surface area contributed by atoms with Crippen LogP contribution < -0.4 is 10.6 Å². The largest absolute Gasteiger partial charge is 0.469 e. The summed E-state index contributed by atoms with van der Waals surface area (Å²) in [4.78, 5) is 51.0. The number of aryl methyl sites for hydroxylation is 1. The number of nitrogens with zero attached hydrogens (tertiary/aromatic N) is 1. The lowest BCUT2D eigenvalue weighted by molar-refractivity contribution is -0.147. The van der Waals surface area contributed by atoms with Gasteiger partial charge in [0.15, 0.2) is 0 Å². The van der Waals surface area contributed by atoms with E-state index in [1.165, 1.54) is 7.11 Å². The molecule has 2 amide bonds. The predicted molar refractivity (Wildman–Crippen MR) is 121 cm³/mol. The second-order valence-electron chi connectivity index (χ2n) is 9.07. The van der Waals surface area contributed by atoms with E-state index in [4.69, 9.17) is 9.47 Å². The van der Waals surface area contributed by atoms with Crippen LogP contribution >= 0.6 is 0 Å². The van der Waals surface area contributed by atoms with Gasteiger partial charge in [0.1, 0.15) is 25.1 Å². The minimum Gasteiger partial charge on any atom is -0.469 e. The summed E-state index contributed by atoms with van der Waals surface area (Å²) in [6.07, 6.45) is 3.84. The molecule has 3 rings (SSSR count). The smallest absolute Gasteiger partial charge is 0.310 e. The van der Waals surface area contributed by atoms with Crippen LogP contribution in [0.1, 0.15) is 50.3 Å². The molecule has 0 saturated heterocycles. The van der Waals surface area contributed by atoms with Crippen molar-refractivity contribution in [3.63, 3.8) is 0 Å². The van der Waals surface area contributed by atoms with Gasteiger partial charge >= 0.3 is 5.97 Å². The van der Waals surface area contributed by atoms with Crippen molar-refractivity contribution in [1.82, 2.24) is 15.2 Å². The highest BCUT2D eigenvalue weighted by atomic mass is 19.1. The number of carbonyl (C=O) groups is 4. The maximum absolute atomic E-state index is 13.3. The van der Waals surface area contributed by atoms with Gasteiger partial charge in [0.2, 0.25) is 11.8 Å². The molecule has 0 bridgehead atoms. The van der Waals surface area contributed by atoms with Crippen molar-refractivity contribution in [3.8, 4) is 0 Å². The number of ether oxygens (including phenoxy) is 2. The van der Waals surface area contributed by atoms with Gasteiger partial charge in [0.05, 0.1) is 25.6 Å². The number of Topliss-reactive ketones (excluding diaryl/α,β-unsaturated/α-hetero) is 1. The first-order valence-corrected chi connectivity index (χ1v) is 11.8. The van der Waals surface area contributed by atoms with E-state index in [1.807, 2.05) is 30.7 Å². The second kappa shape index (κ2) is 11.6. The van der Waals surface area contributed by atoms with Crippen molar-refractivity contribution >= 4 is 23.6 Å². The molecule has 3 unspecified atom stereocenters. The number of methoxy groups -OCH3 is 1. The molecule has 0 aromatic carbocycles. The summed E-state index contributed by atoms with van der Waals surface area (Å²) >= 11 is 0. The topological polar surface area (TPSA) is 116 Å². The lowest BCUT2D eigenvalue weighted by atomic mass is 9.79. The van der Waals surface area contributed by atoms with E-state index in [9.17, 15) is 23.6 Å². The first-order chi connectivity index (χ1) is 16.3. The van der Waals surface area contributed by atoms with Crippen LogP contribution in [0.2, 0.25) is 0 Å². The van der Waals surface area contributed by atoms with E-state index < -0.39 is 42.5 Å². The van der Waals surface area contributed by atoms with Gasteiger partial charge in [-0.15, -0.1) is 0 Å². The SMILES string of the molecule is CCC(C)C(NC(=O)COCCF)C(=O)N[C@H]1CCc2ccn3c2C1C(=O)C[C@H](C(=O)OC)C3. The van der Waals surface area contributed by atoms with Crippen molar-refractivity contribution < 1.29 is 33.0 Å². The summed E-state index contributed by atoms with van der Waals surface area (Å²) in [5.41, 5.74) is 1.89. The highest BCUT2D eigenvalue weighted by Crippen LogP contribution is 2.38. The van der Waals surface area contributed by atoms with Gasteiger partial charge in [-0.05, 0) is 30.4 Å². The van der Waals surface area contributed by atoms with Crippen LogP contribution in [0.25, 0.3) is 0 Å². The van der Waals surface area contributed by atoms with Crippen LogP contribution in [-0.2, 0) is 41.6 Å². The molecule has 0 radical (unpaired) electrons. The van der Waals surface area contributed by atoms with Crippen molar-refractivity contribution in [2.75, 3.05) is 27.0 Å². The van der Waals surface area contributed by atoms with E-state index in [2.05, 4.69) is 10.6 Å². The summed E-state index contributed by atoms with van der Waals surface area (Å²) in [6, 6.07) is 0.694. The number of hydrogen-bond acceptors (Lipinski definition) is 6. The number of esters is 1. The number of aromatic nitrogens is 1. The Morgan fingerprint density at radius 3 is 2.76 bits per heavy atom. The number of alkyl halides is 1. The molecule has 2 N–H and O–H groups in total. The normalized spacial score (nSPS) is 23.3. The number of halogens is 1. The third-order valence-electron chi connectivity index (χ3n) is 6.86. The van der Waals surface area contributed by atoms with E-state index in [0.29, 0.717) is 25.8 Å². The Labute approximate surface area is 198 Å². The number of carbonyl (C=O) groups excluding carboxylic acids is 4. The number of ketones is 1. The van der Waals surface area contributed by atoms with Crippen LogP contribution in [0, 0.1) is 11.8 Å². The van der Waals surface area contributed by atoms with Gasteiger partial charge in [-0.3, -0.25) is 19.2 Å². The lowest BCUT2D eigenvalue weighted by Gasteiger charge is -2.34. The first kappa shape index (κ1) is 25.9. The molecule has 34 heavy (non-hydrogen) atoms. The zero-order valence-electron chi connectivity index (χ0n) is 20.0. The van der Waals surface area contributed by atoms with Crippen LogP contribution in [0.15, 0.2) is 12.3 Å². The molecule has 1 aromatic heterocycles. The fourth-order valence-electron chi connectivity index (χ4n) is 4.88. The maximum atomic E-state index is 13.3. The third kappa shape index (κ3) is 5.65. The molecule has 0 fully saturated rings. The Morgan fingerprint density at radius 1 is 1.32 bits per heavy atom. The molecule has 1 aromatic rings. The summed E-state index contributed by atoms with van der Waals surface area (Å²) < 4.78 is 24.0. The van der Waals surface area contributed by atoms with Crippen LogP contribution in [-0.4, -0.2) is 67.2 Å². The molecule has 2 aliphatic rings. The molecule has 2 heterocycles. The minimum absolute atomic E-state index is 0.0439. The number of rotatable bonds is 10. The number of nitrogens with one attached hydrogen (secondary N) is 2. The van der Waals surface area contributed by atoms with Crippen LogP contribution in [0.3, 0.4) is 0 Å². The Bertz CT molecular complexity index is 917. The first-order valence-electron chi connectivity index (χ1n) is 11.8. The van der Waals surface area contributed by atoms with Crippen molar-refractivity contribution in [3.05, 3.63) is 23.5 Å². The summed E-state index contributed by atoms with van der Waals surface area (Å²) in [5, 5.41) is 5.70.